The van der Waals surface area contributed by atoms with Crippen LogP contribution in [0.5, 0.6) is 0 Å². The molecule has 3 rings (SSSR count). The summed E-state index contributed by atoms with van der Waals surface area (Å²) < 4.78 is 19.1. The molecule has 0 amide bonds. The molecule has 2 heterocycles. The fourth-order valence-corrected chi connectivity index (χ4v) is 2.76. The van der Waals surface area contributed by atoms with E-state index in [9.17, 15) is 9.18 Å². The van der Waals surface area contributed by atoms with Crippen LogP contribution in [0.1, 0.15) is 17.3 Å². The molecule has 0 radical (unpaired) electrons. The van der Waals surface area contributed by atoms with Gasteiger partial charge in [-0.2, -0.15) is 0 Å². The Hall–Kier alpha value is -2.21. The molecule has 116 valence electrons. The first-order chi connectivity index (χ1) is 10.7. The van der Waals surface area contributed by atoms with E-state index >= 15 is 0 Å². The summed E-state index contributed by atoms with van der Waals surface area (Å²) in [6, 6.07) is 4.81. The molecule has 0 spiro atoms. The maximum absolute atomic E-state index is 14.0. The second-order valence-corrected chi connectivity index (χ2v) is 5.11. The lowest BCUT2D eigenvalue weighted by Gasteiger charge is -2.31. The van der Waals surface area contributed by atoms with E-state index in [1.165, 1.54) is 12.3 Å². The zero-order chi connectivity index (χ0) is 15.5. The Morgan fingerprint density at radius 2 is 2.18 bits per heavy atom. The van der Waals surface area contributed by atoms with Crippen molar-refractivity contribution in [2.75, 3.05) is 37.7 Å². The van der Waals surface area contributed by atoms with Gasteiger partial charge in [0.25, 0.3) is 0 Å². The molecular formula is C16H18FN3O2. The minimum Gasteiger partial charge on any atom is -0.462 e. The van der Waals surface area contributed by atoms with Gasteiger partial charge in [0.15, 0.2) is 0 Å². The molecule has 0 saturated carbocycles. The number of esters is 1. The predicted molar refractivity (Wildman–Crippen MR) is 82.7 cm³/mol. The molecule has 22 heavy (non-hydrogen) atoms. The number of fused-ring (bicyclic) bond motifs is 1. The summed E-state index contributed by atoms with van der Waals surface area (Å²) in [4.78, 5) is 18.4. The van der Waals surface area contributed by atoms with Crippen LogP contribution in [0, 0.1) is 5.82 Å². The van der Waals surface area contributed by atoms with Crippen molar-refractivity contribution in [3.05, 3.63) is 35.8 Å². The number of para-hydroxylation sites is 1. The third-order valence-electron chi connectivity index (χ3n) is 3.75. The Morgan fingerprint density at radius 3 is 2.91 bits per heavy atom. The predicted octanol–water partition coefficient (Wildman–Crippen LogP) is 1.96. The molecule has 1 aliphatic rings. The van der Waals surface area contributed by atoms with Gasteiger partial charge in [0.05, 0.1) is 12.3 Å². The van der Waals surface area contributed by atoms with Crippen LogP contribution in [-0.4, -0.2) is 43.7 Å². The van der Waals surface area contributed by atoms with E-state index in [-0.39, 0.29) is 11.3 Å². The summed E-state index contributed by atoms with van der Waals surface area (Å²) in [7, 11) is 0. The molecule has 1 aromatic carbocycles. The smallest absolute Gasteiger partial charge is 0.341 e. The molecular weight excluding hydrogens is 285 g/mol. The summed E-state index contributed by atoms with van der Waals surface area (Å²) in [6.07, 6.45) is 1.42. The number of carbonyl (C=O) groups is 1. The van der Waals surface area contributed by atoms with E-state index in [2.05, 4.69) is 15.2 Å². The number of carbonyl (C=O) groups excluding carboxylic acids is 1. The molecule has 0 unspecified atom stereocenters. The Morgan fingerprint density at radius 1 is 1.41 bits per heavy atom. The van der Waals surface area contributed by atoms with E-state index in [1.807, 2.05) is 0 Å². The summed E-state index contributed by atoms with van der Waals surface area (Å²) in [5.41, 5.74) is 1.38. The number of ether oxygens (including phenoxy) is 1. The van der Waals surface area contributed by atoms with Crippen molar-refractivity contribution >= 4 is 22.6 Å². The second kappa shape index (κ2) is 6.27. The van der Waals surface area contributed by atoms with Gasteiger partial charge in [-0.3, -0.25) is 4.98 Å². The van der Waals surface area contributed by atoms with E-state index < -0.39 is 5.97 Å². The second-order valence-electron chi connectivity index (χ2n) is 5.11. The highest BCUT2D eigenvalue weighted by atomic mass is 19.1. The van der Waals surface area contributed by atoms with E-state index in [0.717, 1.165) is 26.2 Å². The summed E-state index contributed by atoms with van der Waals surface area (Å²) in [5, 5.41) is 3.92. The first kappa shape index (κ1) is 14.7. The van der Waals surface area contributed by atoms with Crippen molar-refractivity contribution in [3.63, 3.8) is 0 Å². The Balaban J connectivity index is 2.19. The minimum absolute atomic E-state index is 0.282. The average molecular weight is 303 g/mol. The van der Waals surface area contributed by atoms with E-state index in [4.69, 9.17) is 4.74 Å². The highest BCUT2D eigenvalue weighted by Crippen LogP contribution is 2.31. The molecule has 1 fully saturated rings. The minimum atomic E-state index is -0.422. The number of anilines is 1. The van der Waals surface area contributed by atoms with Gasteiger partial charge in [0, 0.05) is 37.8 Å². The maximum Gasteiger partial charge on any atom is 0.341 e. The molecule has 0 bridgehead atoms. The van der Waals surface area contributed by atoms with Gasteiger partial charge in [-0.1, -0.05) is 12.1 Å². The molecule has 1 N–H and O–H groups in total. The Labute approximate surface area is 128 Å². The van der Waals surface area contributed by atoms with Crippen molar-refractivity contribution in [1.29, 1.82) is 0 Å². The van der Waals surface area contributed by atoms with E-state index in [0.29, 0.717) is 23.2 Å². The fourth-order valence-electron chi connectivity index (χ4n) is 2.76. The summed E-state index contributed by atoms with van der Waals surface area (Å²) >= 11 is 0. The number of rotatable bonds is 3. The number of piperazine rings is 1. The molecule has 1 aromatic heterocycles. The van der Waals surface area contributed by atoms with Crippen molar-refractivity contribution in [3.8, 4) is 0 Å². The van der Waals surface area contributed by atoms with Crippen LogP contribution in [0.15, 0.2) is 24.4 Å². The van der Waals surface area contributed by atoms with Crippen LogP contribution in [-0.2, 0) is 4.74 Å². The SMILES string of the molecule is CCOC(=O)c1cnc2c(F)cccc2c1N1CCNCC1. The van der Waals surface area contributed by atoms with Crippen LogP contribution < -0.4 is 10.2 Å². The van der Waals surface area contributed by atoms with Gasteiger partial charge < -0.3 is 15.0 Å². The zero-order valence-electron chi connectivity index (χ0n) is 12.4. The number of nitrogens with one attached hydrogen (secondary N) is 1. The molecule has 6 heteroatoms. The van der Waals surface area contributed by atoms with E-state index in [1.54, 1.807) is 19.1 Å². The molecule has 2 aromatic rings. The average Bonchev–Trinajstić information content (AvgIpc) is 2.55. The van der Waals surface area contributed by atoms with Crippen LogP contribution in [0.3, 0.4) is 0 Å². The van der Waals surface area contributed by atoms with Gasteiger partial charge in [0.2, 0.25) is 0 Å². The van der Waals surface area contributed by atoms with Gasteiger partial charge in [-0.25, -0.2) is 9.18 Å². The van der Waals surface area contributed by atoms with Gasteiger partial charge in [-0.05, 0) is 13.0 Å². The highest BCUT2D eigenvalue weighted by molar-refractivity contribution is 6.05. The highest BCUT2D eigenvalue weighted by Gasteiger charge is 2.23. The standard InChI is InChI=1S/C16H18FN3O2/c1-2-22-16(21)12-10-19-14-11(4-3-5-13(14)17)15(12)20-8-6-18-7-9-20/h3-5,10,18H,2,6-9H2,1H3. The summed E-state index contributed by atoms with van der Waals surface area (Å²) in [6.45, 7) is 5.20. The van der Waals surface area contributed by atoms with Crippen LogP contribution in [0.25, 0.3) is 10.9 Å². The van der Waals surface area contributed by atoms with Gasteiger partial charge >= 0.3 is 5.97 Å². The van der Waals surface area contributed by atoms with Crippen molar-refractivity contribution in [2.45, 2.75) is 6.92 Å². The number of nitrogens with zero attached hydrogens (tertiary/aromatic N) is 2. The lowest BCUT2D eigenvalue weighted by Crippen LogP contribution is -2.44. The number of benzene rings is 1. The Kier molecular flexibility index (Phi) is 4.20. The number of hydrogen-bond acceptors (Lipinski definition) is 5. The third kappa shape index (κ3) is 2.62. The van der Waals surface area contributed by atoms with Crippen molar-refractivity contribution in [2.24, 2.45) is 0 Å². The molecule has 5 nitrogen and oxygen atoms in total. The molecule has 1 aliphatic heterocycles. The molecule has 0 aliphatic carbocycles. The Bertz CT molecular complexity index is 699. The lowest BCUT2D eigenvalue weighted by molar-refractivity contribution is 0.0526. The van der Waals surface area contributed by atoms with Crippen molar-refractivity contribution < 1.29 is 13.9 Å². The molecule has 1 saturated heterocycles. The number of pyridine rings is 1. The van der Waals surface area contributed by atoms with Crippen LogP contribution >= 0.6 is 0 Å². The summed E-state index contributed by atoms with van der Waals surface area (Å²) in [5.74, 6) is -0.806. The van der Waals surface area contributed by atoms with Crippen molar-refractivity contribution in [1.82, 2.24) is 10.3 Å². The lowest BCUT2D eigenvalue weighted by atomic mass is 10.1. The number of halogens is 1. The largest absolute Gasteiger partial charge is 0.462 e. The normalized spacial score (nSPS) is 15.1. The number of hydrogen-bond donors (Lipinski definition) is 1. The third-order valence-corrected chi connectivity index (χ3v) is 3.75. The maximum atomic E-state index is 14.0. The first-order valence-electron chi connectivity index (χ1n) is 7.42. The monoisotopic (exact) mass is 303 g/mol. The van der Waals surface area contributed by atoms with Gasteiger partial charge in [-0.15, -0.1) is 0 Å². The first-order valence-corrected chi connectivity index (χ1v) is 7.42. The zero-order valence-corrected chi connectivity index (χ0v) is 12.4. The van der Waals surface area contributed by atoms with Crippen LogP contribution in [0.4, 0.5) is 10.1 Å². The quantitative estimate of drug-likeness (QED) is 0.879. The molecule has 0 atom stereocenters. The topological polar surface area (TPSA) is 54.5 Å². The number of aromatic nitrogens is 1. The fraction of sp³-hybridized carbons (Fsp3) is 0.375. The van der Waals surface area contributed by atoms with Gasteiger partial charge in [0.1, 0.15) is 16.9 Å². The van der Waals surface area contributed by atoms with Crippen LogP contribution in [0.2, 0.25) is 0 Å².